The van der Waals surface area contributed by atoms with Crippen LogP contribution in [0.4, 0.5) is 13.2 Å². The fourth-order valence-corrected chi connectivity index (χ4v) is 3.65. The summed E-state index contributed by atoms with van der Waals surface area (Å²) in [4.78, 5) is 16.8. The van der Waals surface area contributed by atoms with Crippen molar-refractivity contribution in [2.75, 3.05) is 13.1 Å². The Balaban J connectivity index is 1.62. The number of likely N-dealkylation sites (tertiary alicyclic amines) is 1. The highest BCUT2D eigenvalue weighted by Crippen LogP contribution is 2.34. The Kier molecular flexibility index (Phi) is 4.40. The first kappa shape index (κ1) is 17.6. The number of nitrogens with zero attached hydrogens (tertiary/aromatic N) is 5. The molecule has 0 radical (unpaired) electrons. The Hall–Kier alpha value is -2.78. The lowest BCUT2D eigenvalue weighted by Crippen LogP contribution is -2.39. The van der Waals surface area contributed by atoms with Gasteiger partial charge in [0.25, 0.3) is 0 Å². The average Bonchev–Trinajstić information content (AvgIpc) is 3.14. The summed E-state index contributed by atoms with van der Waals surface area (Å²) in [5, 5.41) is 17.9. The van der Waals surface area contributed by atoms with E-state index in [4.69, 9.17) is 0 Å². The second-order valence-electron chi connectivity index (χ2n) is 6.73. The van der Waals surface area contributed by atoms with Crippen molar-refractivity contribution in [1.82, 2.24) is 30.3 Å². The van der Waals surface area contributed by atoms with Crippen LogP contribution >= 0.6 is 0 Å². The van der Waals surface area contributed by atoms with E-state index in [-0.39, 0.29) is 5.92 Å². The highest BCUT2D eigenvalue weighted by atomic mass is 19.4. The van der Waals surface area contributed by atoms with Gasteiger partial charge in [0.2, 0.25) is 11.6 Å². The zero-order valence-electron chi connectivity index (χ0n) is 14.3. The highest BCUT2D eigenvalue weighted by molar-refractivity contribution is 6.03. The number of amides is 1. The fourth-order valence-electron chi connectivity index (χ4n) is 3.65. The third-order valence-corrected chi connectivity index (χ3v) is 4.94. The Morgan fingerprint density at radius 2 is 2.15 bits per heavy atom. The third-order valence-electron chi connectivity index (χ3n) is 4.94. The van der Waals surface area contributed by atoms with E-state index in [2.05, 4.69) is 25.4 Å². The number of hydrogen-bond donors (Lipinski definition) is 1. The molecule has 4 rings (SSSR count). The van der Waals surface area contributed by atoms with Gasteiger partial charge >= 0.3 is 6.18 Å². The Bertz CT molecular complexity index is 986. The van der Waals surface area contributed by atoms with Gasteiger partial charge in [0.1, 0.15) is 0 Å². The van der Waals surface area contributed by atoms with E-state index in [9.17, 15) is 18.0 Å². The molecule has 0 aliphatic carbocycles. The number of alkyl halides is 3. The minimum Gasteiger partial charge on any atom is -0.345 e. The van der Waals surface area contributed by atoms with Crippen molar-refractivity contribution in [3.05, 3.63) is 24.0 Å². The van der Waals surface area contributed by atoms with E-state index in [1.54, 1.807) is 12.4 Å². The molecule has 0 aromatic carbocycles. The zero-order valence-corrected chi connectivity index (χ0v) is 14.3. The van der Waals surface area contributed by atoms with Gasteiger partial charge < -0.3 is 9.88 Å². The number of H-pyrrole nitrogens is 1. The van der Waals surface area contributed by atoms with Crippen molar-refractivity contribution in [3.8, 4) is 0 Å². The number of nitrogens with one attached hydrogen (secondary N) is 1. The standard InChI is InChI=1S/C17H17F3N6O/c18-17(19,20)5-3-13(27)26-7-1-2-10(9-26)12-8-22-23-16-14(12)11-4-6-21-15(11)24-25-16/h4,6,8,10H,1-3,5,7,9H2,(H,21,24). The Morgan fingerprint density at radius 1 is 1.30 bits per heavy atom. The number of hydrogen-bond acceptors (Lipinski definition) is 5. The van der Waals surface area contributed by atoms with Crippen molar-refractivity contribution in [2.24, 2.45) is 0 Å². The SMILES string of the molecule is O=C(CCC(F)(F)F)N1CCCC(c2cnnc3nnc4[nH]ccc4c23)C1. The summed E-state index contributed by atoms with van der Waals surface area (Å²) in [6.45, 7) is 0.842. The maximum atomic E-state index is 12.4. The molecule has 3 aromatic heterocycles. The van der Waals surface area contributed by atoms with Crippen LogP contribution in [0.2, 0.25) is 0 Å². The van der Waals surface area contributed by atoms with Crippen LogP contribution in [0, 0.1) is 0 Å². The van der Waals surface area contributed by atoms with Crippen LogP contribution in [0.1, 0.15) is 37.2 Å². The van der Waals surface area contributed by atoms with Gasteiger partial charge in [-0.1, -0.05) is 0 Å². The van der Waals surface area contributed by atoms with Crippen molar-refractivity contribution in [2.45, 2.75) is 37.8 Å². The second-order valence-corrected chi connectivity index (χ2v) is 6.73. The molecule has 10 heteroatoms. The lowest BCUT2D eigenvalue weighted by molar-refractivity contribution is -0.149. The zero-order chi connectivity index (χ0) is 19.0. The Morgan fingerprint density at radius 3 is 2.96 bits per heavy atom. The molecule has 0 bridgehead atoms. The topological polar surface area (TPSA) is 87.7 Å². The van der Waals surface area contributed by atoms with Crippen LogP contribution < -0.4 is 0 Å². The number of aromatic amines is 1. The van der Waals surface area contributed by atoms with Gasteiger partial charge in [-0.2, -0.15) is 18.3 Å². The first-order valence-electron chi connectivity index (χ1n) is 8.72. The molecular weight excluding hydrogens is 361 g/mol. The van der Waals surface area contributed by atoms with Crippen molar-refractivity contribution >= 4 is 28.0 Å². The summed E-state index contributed by atoms with van der Waals surface area (Å²) in [7, 11) is 0. The molecule has 0 spiro atoms. The minimum absolute atomic E-state index is 0.0334. The molecule has 1 N–H and O–H groups in total. The molecule has 1 saturated heterocycles. The molecule has 1 atom stereocenters. The van der Waals surface area contributed by atoms with Gasteiger partial charge in [-0.25, -0.2) is 0 Å². The monoisotopic (exact) mass is 378 g/mol. The summed E-state index contributed by atoms with van der Waals surface area (Å²) in [5.41, 5.74) is 1.94. The minimum atomic E-state index is -4.32. The fraction of sp³-hybridized carbons (Fsp3) is 0.471. The predicted octanol–water partition coefficient (Wildman–Crippen LogP) is 2.95. The number of halogens is 3. The van der Waals surface area contributed by atoms with Crippen LogP contribution in [-0.4, -0.2) is 55.5 Å². The van der Waals surface area contributed by atoms with E-state index in [1.807, 2.05) is 6.07 Å². The first-order valence-corrected chi connectivity index (χ1v) is 8.72. The van der Waals surface area contributed by atoms with Gasteiger partial charge in [0.05, 0.1) is 12.6 Å². The average molecular weight is 378 g/mol. The molecular formula is C17H17F3N6O. The van der Waals surface area contributed by atoms with Crippen LogP contribution in [-0.2, 0) is 4.79 Å². The maximum Gasteiger partial charge on any atom is 0.389 e. The van der Waals surface area contributed by atoms with Gasteiger partial charge in [-0.3, -0.25) is 4.79 Å². The lowest BCUT2D eigenvalue weighted by atomic mass is 9.89. The van der Waals surface area contributed by atoms with Crippen LogP contribution in [0.25, 0.3) is 22.1 Å². The molecule has 1 aliphatic heterocycles. The number of aromatic nitrogens is 5. The molecule has 27 heavy (non-hydrogen) atoms. The van der Waals surface area contributed by atoms with E-state index < -0.39 is 24.9 Å². The third kappa shape index (κ3) is 3.56. The molecule has 0 saturated carbocycles. The summed E-state index contributed by atoms with van der Waals surface area (Å²) in [6, 6.07) is 1.88. The smallest absolute Gasteiger partial charge is 0.345 e. The molecule has 1 aliphatic rings. The largest absolute Gasteiger partial charge is 0.389 e. The molecule has 7 nitrogen and oxygen atoms in total. The number of rotatable bonds is 3. The van der Waals surface area contributed by atoms with Crippen molar-refractivity contribution in [1.29, 1.82) is 0 Å². The summed E-state index contributed by atoms with van der Waals surface area (Å²) in [5.74, 6) is -0.496. The van der Waals surface area contributed by atoms with E-state index >= 15 is 0 Å². The number of piperidine rings is 1. The van der Waals surface area contributed by atoms with Crippen LogP contribution in [0.3, 0.4) is 0 Å². The summed E-state index contributed by atoms with van der Waals surface area (Å²) >= 11 is 0. The molecule has 1 fully saturated rings. The molecule has 4 heterocycles. The molecule has 3 aromatic rings. The number of carbonyl (C=O) groups excluding carboxylic acids is 1. The van der Waals surface area contributed by atoms with Gasteiger partial charge in [0, 0.05) is 42.4 Å². The maximum absolute atomic E-state index is 12.4. The molecule has 142 valence electrons. The molecule has 1 amide bonds. The quantitative estimate of drug-likeness (QED) is 0.757. The lowest BCUT2D eigenvalue weighted by Gasteiger charge is -2.33. The van der Waals surface area contributed by atoms with Gasteiger partial charge in [0.15, 0.2) is 5.65 Å². The van der Waals surface area contributed by atoms with Crippen molar-refractivity contribution in [3.63, 3.8) is 0 Å². The van der Waals surface area contributed by atoms with E-state index in [1.165, 1.54) is 4.90 Å². The predicted molar refractivity (Wildman–Crippen MR) is 90.8 cm³/mol. The highest BCUT2D eigenvalue weighted by Gasteiger charge is 2.31. The number of fused-ring (bicyclic) bond motifs is 3. The van der Waals surface area contributed by atoms with Crippen LogP contribution in [0.5, 0.6) is 0 Å². The Labute approximate surface area is 152 Å². The van der Waals surface area contributed by atoms with Crippen LogP contribution in [0.15, 0.2) is 18.5 Å². The first-order chi connectivity index (χ1) is 12.9. The molecule has 1 unspecified atom stereocenters. The van der Waals surface area contributed by atoms with Gasteiger partial charge in [-0.15, -0.1) is 15.3 Å². The second kappa shape index (κ2) is 6.75. The summed E-state index contributed by atoms with van der Waals surface area (Å²) in [6.07, 6.45) is -0.971. The normalized spacial score (nSPS) is 18.3. The van der Waals surface area contributed by atoms with E-state index in [0.717, 1.165) is 29.2 Å². The number of carbonyl (C=O) groups is 1. The van der Waals surface area contributed by atoms with E-state index in [0.29, 0.717) is 24.4 Å². The van der Waals surface area contributed by atoms with Crippen molar-refractivity contribution < 1.29 is 18.0 Å². The van der Waals surface area contributed by atoms with Gasteiger partial charge in [-0.05, 0) is 24.5 Å². The summed E-state index contributed by atoms with van der Waals surface area (Å²) < 4.78 is 37.2.